The fraction of sp³-hybridized carbons (Fsp3) is 0.200. The monoisotopic (exact) mass is 431 g/mol. The molecule has 3 aromatic rings. The Morgan fingerprint density at radius 2 is 1.77 bits per heavy atom. The molecule has 31 heavy (non-hydrogen) atoms. The van der Waals surface area contributed by atoms with E-state index < -0.39 is 0 Å². The summed E-state index contributed by atoms with van der Waals surface area (Å²) in [5, 5.41) is 2.86. The smallest absolute Gasteiger partial charge is 0.255 e. The minimum Gasteiger partial charge on any atom is -0.378 e. The van der Waals surface area contributed by atoms with Crippen LogP contribution in [-0.4, -0.2) is 31.7 Å². The minimum atomic E-state index is -0.137. The van der Waals surface area contributed by atoms with Gasteiger partial charge in [-0.2, -0.15) is 0 Å². The van der Waals surface area contributed by atoms with Crippen LogP contribution in [0.3, 0.4) is 0 Å². The summed E-state index contributed by atoms with van der Waals surface area (Å²) in [5.74, 6) is 0.378. The lowest BCUT2D eigenvalue weighted by Crippen LogP contribution is -2.27. The van der Waals surface area contributed by atoms with Crippen molar-refractivity contribution in [2.75, 3.05) is 35.0 Å². The van der Waals surface area contributed by atoms with Crippen LogP contribution in [-0.2, 0) is 4.79 Å². The van der Waals surface area contributed by atoms with Gasteiger partial charge in [-0.15, -0.1) is 11.8 Å². The molecule has 1 saturated heterocycles. The fourth-order valence-corrected chi connectivity index (χ4v) is 4.82. The van der Waals surface area contributed by atoms with Gasteiger partial charge in [0.1, 0.15) is 5.37 Å². The van der Waals surface area contributed by atoms with E-state index >= 15 is 0 Å². The highest BCUT2D eigenvalue weighted by Crippen LogP contribution is 2.42. The summed E-state index contributed by atoms with van der Waals surface area (Å²) in [6, 6.07) is 23.3. The second-order valence-corrected chi connectivity index (χ2v) is 8.80. The Morgan fingerprint density at radius 1 is 1.03 bits per heavy atom. The number of hydrogen-bond donors (Lipinski definition) is 1. The Balaban J connectivity index is 1.58. The number of benzene rings is 3. The summed E-state index contributed by atoms with van der Waals surface area (Å²) >= 11 is 1.60. The topological polar surface area (TPSA) is 52.7 Å². The molecule has 1 heterocycles. The Bertz CT molecular complexity index is 1110. The molecule has 0 aliphatic carbocycles. The molecular formula is C25H25N3O2S. The van der Waals surface area contributed by atoms with E-state index in [1.54, 1.807) is 11.8 Å². The highest BCUT2D eigenvalue weighted by Gasteiger charge is 2.34. The molecule has 0 saturated carbocycles. The maximum Gasteiger partial charge on any atom is 0.255 e. The van der Waals surface area contributed by atoms with E-state index in [-0.39, 0.29) is 17.2 Å². The highest BCUT2D eigenvalue weighted by molar-refractivity contribution is 8.00. The molecule has 1 fully saturated rings. The lowest BCUT2D eigenvalue weighted by Gasteiger charge is -2.25. The Kier molecular flexibility index (Phi) is 6.00. The number of hydrogen-bond acceptors (Lipinski definition) is 4. The molecule has 0 radical (unpaired) electrons. The van der Waals surface area contributed by atoms with Gasteiger partial charge in [-0.3, -0.25) is 14.5 Å². The van der Waals surface area contributed by atoms with Crippen LogP contribution in [0.15, 0.2) is 72.8 Å². The number of nitrogens with zero attached hydrogens (tertiary/aromatic N) is 2. The lowest BCUT2D eigenvalue weighted by molar-refractivity contribution is -0.115. The van der Waals surface area contributed by atoms with Gasteiger partial charge in [0.25, 0.3) is 5.91 Å². The molecular weight excluding hydrogens is 406 g/mol. The van der Waals surface area contributed by atoms with Gasteiger partial charge >= 0.3 is 0 Å². The number of rotatable bonds is 5. The van der Waals surface area contributed by atoms with Crippen molar-refractivity contribution in [3.8, 4) is 0 Å². The molecule has 0 aromatic heterocycles. The van der Waals surface area contributed by atoms with E-state index in [0.29, 0.717) is 17.0 Å². The van der Waals surface area contributed by atoms with Gasteiger partial charge in [0.05, 0.1) is 5.75 Å². The summed E-state index contributed by atoms with van der Waals surface area (Å²) in [6.07, 6.45) is 0. The van der Waals surface area contributed by atoms with Crippen molar-refractivity contribution < 1.29 is 9.59 Å². The van der Waals surface area contributed by atoms with Crippen molar-refractivity contribution in [2.24, 2.45) is 0 Å². The zero-order valence-corrected chi connectivity index (χ0v) is 18.6. The number of thioether (sulfide) groups is 1. The van der Waals surface area contributed by atoms with Crippen molar-refractivity contribution in [2.45, 2.75) is 12.3 Å². The zero-order chi connectivity index (χ0) is 22.0. The van der Waals surface area contributed by atoms with Crippen LogP contribution in [0.5, 0.6) is 0 Å². The molecule has 1 N–H and O–H groups in total. The van der Waals surface area contributed by atoms with Gasteiger partial charge in [0.2, 0.25) is 5.91 Å². The highest BCUT2D eigenvalue weighted by atomic mass is 32.2. The number of aryl methyl sites for hydroxylation is 1. The van der Waals surface area contributed by atoms with Crippen LogP contribution >= 0.6 is 11.8 Å². The number of nitrogens with one attached hydrogen (secondary N) is 1. The Labute approximate surface area is 187 Å². The van der Waals surface area contributed by atoms with E-state index in [2.05, 4.69) is 5.32 Å². The minimum absolute atomic E-state index is 0.0851. The molecule has 1 aliphatic heterocycles. The number of anilines is 3. The van der Waals surface area contributed by atoms with Crippen molar-refractivity contribution in [3.05, 3.63) is 89.5 Å². The molecule has 6 heteroatoms. The van der Waals surface area contributed by atoms with Gasteiger partial charge in [0, 0.05) is 36.7 Å². The van der Waals surface area contributed by atoms with Crippen LogP contribution in [0, 0.1) is 6.92 Å². The third-order valence-corrected chi connectivity index (χ3v) is 6.54. The maximum absolute atomic E-state index is 12.7. The quantitative estimate of drug-likeness (QED) is 0.611. The molecule has 158 valence electrons. The molecule has 1 atom stereocenters. The molecule has 0 spiro atoms. The van der Waals surface area contributed by atoms with E-state index in [1.165, 1.54) is 0 Å². The third kappa shape index (κ3) is 4.44. The van der Waals surface area contributed by atoms with Crippen LogP contribution in [0.1, 0.15) is 26.9 Å². The van der Waals surface area contributed by atoms with Crippen LogP contribution < -0.4 is 15.1 Å². The first-order valence-electron chi connectivity index (χ1n) is 10.1. The Hall–Kier alpha value is -3.25. The normalized spacial score (nSPS) is 15.8. The van der Waals surface area contributed by atoms with E-state index in [9.17, 15) is 9.59 Å². The molecule has 4 rings (SSSR count). The molecule has 2 amide bonds. The van der Waals surface area contributed by atoms with Crippen LogP contribution in [0.25, 0.3) is 0 Å². The van der Waals surface area contributed by atoms with Crippen molar-refractivity contribution in [1.29, 1.82) is 0 Å². The first-order chi connectivity index (χ1) is 14.9. The predicted molar refractivity (Wildman–Crippen MR) is 129 cm³/mol. The SMILES string of the molecule is Cc1ccccc1C(=O)Nc1cccc([C@@H]2SCC(=O)N2c2ccc(N(C)C)cc2)c1. The molecule has 5 nitrogen and oxygen atoms in total. The second-order valence-electron chi connectivity index (χ2n) is 7.73. The molecule has 1 aliphatic rings. The largest absolute Gasteiger partial charge is 0.378 e. The van der Waals surface area contributed by atoms with Crippen molar-refractivity contribution in [1.82, 2.24) is 0 Å². The van der Waals surface area contributed by atoms with Gasteiger partial charge in [-0.25, -0.2) is 0 Å². The Morgan fingerprint density at radius 3 is 2.48 bits per heavy atom. The van der Waals surface area contributed by atoms with Crippen LogP contribution in [0.4, 0.5) is 17.1 Å². The maximum atomic E-state index is 12.7. The van der Waals surface area contributed by atoms with Crippen molar-refractivity contribution >= 4 is 40.6 Å². The summed E-state index contributed by atoms with van der Waals surface area (Å²) in [7, 11) is 3.98. The van der Waals surface area contributed by atoms with E-state index in [4.69, 9.17) is 0 Å². The van der Waals surface area contributed by atoms with Gasteiger partial charge in [0.15, 0.2) is 0 Å². The third-order valence-electron chi connectivity index (χ3n) is 5.33. The fourth-order valence-electron chi connectivity index (χ4n) is 3.66. The second kappa shape index (κ2) is 8.86. The molecule has 0 bridgehead atoms. The first kappa shape index (κ1) is 21.0. The van der Waals surface area contributed by atoms with Gasteiger partial charge in [-0.1, -0.05) is 30.3 Å². The molecule has 0 unspecified atom stereocenters. The number of amides is 2. The zero-order valence-electron chi connectivity index (χ0n) is 17.8. The van der Waals surface area contributed by atoms with E-state index in [1.807, 2.05) is 104 Å². The van der Waals surface area contributed by atoms with Gasteiger partial charge in [-0.05, 0) is 60.5 Å². The first-order valence-corrected chi connectivity index (χ1v) is 11.2. The number of carbonyl (C=O) groups is 2. The van der Waals surface area contributed by atoms with Crippen LogP contribution in [0.2, 0.25) is 0 Å². The standard InChI is InChI=1S/C25H25N3O2S/c1-17-7-4-5-10-22(17)24(30)26-19-9-6-8-18(15-19)25-28(23(29)16-31-25)21-13-11-20(12-14-21)27(2)3/h4-15,25H,16H2,1-3H3,(H,26,30)/t25-/m0/s1. The van der Waals surface area contributed by atoms with Gasteiger partial charge < -0.3 is 10.2 Å². The number of carbonyl (C=O) groups excluding carboxylic acids is 2. The lowest BCUT2D eigenvalue weighted by atomic mass is 10.1. The summed E-state index contributed by atoms with van der Waals surface area (Å²) in [6.45, 7) is 1.92. The van der Waals surface area contributed by atoms with Crippen molar-refractivity contribution in [3.63, 3.8) is 0 Å². The average molecular weight is 432 g/mol. The molecule has 3 aromatic carbocycles. The van der Waals surface area contributed by atoms with E-state index in [0.717, 1.165) is 22.5 Å². The predicted octanol–water partition coefficient (Wildman–Crippen LogP) is 5.09. The summed E-state index contributed by atoms with van der Waals surface area (Å²) in [5.41, 5.74) is 5.24. The summed E-state index contributed by atoms with van der Waals surface area (Å²) < 4.78 is 0. The summed E-state index contributed by atoms with van der Waals surface area (Å²) in [4.78, 5) is 29.3. The average Bonchev–Trinajstić information content (AvgIpc) is 3.15.